The number of carbonyl (C=O) groups is 2. The van der Waals surface area contributed by atoms with Crippen LogP contribution in [0.15, 0.2) is 24.4 Å². The maximum Gasteiger partial charge on any atom is 0.248 e. The van der Waals surface area contributed by atoms with Crippen LogP contribution in [0.1, 0.15) is 64.2 Å². The molecule has 2 saturated heterocycles. The summed E-state index contributed by atoms with van der Waals surface area (Å²) < 4.78 is 21.7. The van der Waals surface area contributed by atoms with E-state index < -0.39 is 17.1 Å². The lowest BCUT2D eigenvalue weighted by Gasteiger charge is -2.41. The van der Waals surface area contributed by atoms with Crippen LogP contribution in [-0.2, 0) is 10.2 Å². The third-order valence-corrected chi connectivity index (χ3v) is 8.13. The number of nitrogens with one attached hydrogen (secondary N) is 1. The minimum Gasteiger partial charge on any atom is -0.379 e. The molecule has 0 spiro atoms. The Kier molecular flexibility index (Phi) is 5.38. The van der Waals surface area contributed by atoms with Crippen LogP contribution in [0.5, 0.6) is 0 Å². The van der Waals surface area contributed by atoms with Crippen molar-refractivity contribution in [2.45, 2.75) is 38.1 Å². The Morgan fingerprint density at radius 1 is 1.19 bits per heavy atom. The van der Waals surface area contributed by atoms with E-state index in [1.54, 1.807) is 18.2 Å². The largest absolute Gasteiger partial charge is 0.379 e. The first kappa shape index (κ1) is 23.1. The lowest BCUT2D eigenvalue weighted by Crippen LogP contribution is -2.49. The Morgan fingerprint density at radius 3 is 2.61 bits per heavy atom. The van der Waals surface area contributed by atoms with E-state index in [2.05, 4.69) is 14.9 Å². The Balaban J connectivity index is 1.35. The summed E-state index contributed by atoms with van der Waals surface area (Å²) in [7, 11) is 0. The van der Waals surface area contributed by atoms with Crippen LogP contribution in [0.3, 0.4) is 0 Å². The Bertz CT molecular complexity index is 1380. The minimum atomic E-state index is -0.807. The molecule has 3 N–H and O–H groups in total. The summed E-state index contributed by atoms with van der Waals surface area (Å²) in [5.74, 6) is -0.930. The summed E-state index contributed by atoms with van der Waals surface area (Å²) in [6.07, 6.45) is 3.41. The molecule has 3 aliphatic rings. The van der Waals surface area contributed by atoms with Gasteiger partial charge in [-0.25, -0.2) is 9.37 Å². The molecule has 188 valence electrons. The van der Waals surface area contributed by atoms with E-state index in [1.165, 1.54) is 6.20 Å². The van der Waals surface area contributed by atoms with Crippen molar-refractivity contribution in [3.63, 3.8) is 0 Å². The van der Waals surface area contributed by atoms with Gasteiger partial charge >= 0.3 is 0 Å². The number of ether oxygens (including phenoxy) is 1. The molecular formula is C27H30FN5O3. The molecule has 0 bridgehead atoms. The van der Waals surface area contributed by atoms with E-state index in [0.29, 0.717) is 58.2 Å². The predicted octanol–water partition coefficient (Wildman–Crippen LogP) is 2.97. The topological polar surface area (TPSA) is 105 Å². The number of pyridine rings is 1. The molecule has 4 heterocycles. The van der Waals surface area contributed by atoms with E-state index in [9.17, 15) is 9.59 Å². The number of H-pyrrole nitrogens is 1. The zero-order valence-electron chi connectivity index (χ0n) is 20.6. The molecule has 0 atom stereocenters. The highest BCUT2D eigenvalue weighted by Gasteiger charge is 2.43. The molecule has 0 radical (unpaired) electrons. The zero-order chi connectivity index (χ0) is 25.2. The third-order valence-electron chi connectivity index (χ3n) is 8.13. The number of aromatic nitrogens is 2. The van der Waals surface area contributed by atoms with Gasteiger partial charge in [-0.2, -0.15) is 0 Å². The van der Waals surface area contributed by atoms with Crippen molar-refractivity contribution in [2.24, 2.45) is 5.73 Å². The van der Waals surface area contributed by atoms with Crippen LogP contribution in [-0.4, -0.2) is 72.0 Å². The SMILES string of the molecule is CC1(C)c2[nH]c3cc(C(N)=O)ccc3c2C(=O)c2cnc(N3CCC(N4CCOCC4)CC3)c(F)c21. The normalized spacial score (nSPS) is 20.4. The summed E-state index contributed by atoms with van der Waals surface area (Å²) in [5.41, 5.74) is 7.40. The van der Waals surface area contributed by atoms with Crippen LogP contribution >= 0.6 is 0 Å². The first-order valence-corrected chi connectivity index (χ1v) is 12.5. The van der Waals surface area contributed by atoms with E-state index in [-0.39, 0.29) is 11.3 Å². The second kappa shape index (κ2) is 8.38. The Morgan fingerprint density at radius 2 is 1.92 bits per heavy atom. The Hall–Kier alpha value is -3.30. The maximum atomic E-state index is 16.2. The maximum absolute atomic E-state index is 16.2. The Labute approximate surface area is 208 Å². The minimum absolute atomic E-state index is 0.263. The number of ketones is 1. The van der Waals surface area contributed by atoms with Crippen molar-refractivity contribution in [3.8, 4) is 0 Å². The highest BCUT2D eigenvalue weighted by Crippen LogP contribution is 2.46. The summed E-state index contributed by atoms with van der Waals surface area (Å²) in [5, 5.41) is 0.688. The van der Waals surface area contributed by atoms with Gasteiger partial charge in [-0.15, -0.1) is 0 Å². The number of halogens is 1. The number of primary amides is 1. The smallest absolute Gasteiger partial charge is 0.248 e. The number of nitrogens with two attached hydrogens (primary N) is 1. The van der Waals surface area contributed by atoms with Gasteiger partial charge < -0.3 is 20.4 Å². The van der Waals surface area contributed by atoms with E-state index in [0.717, 1.165) is 39.1 Å². The molecule has 1 aromatic carbocycles. The number of aromatic amines is 1. The lowest BCUT2D eigenvalue weighted by molar-refractivity contribution is 0.0114. The van der Waals surface area contributed by atoms with Gasteiger partial charge in [0.2, 0.25) is 5.91 Å². The van der Waals surface area contributed by atoms with Gasteiger partial charge in [0.05, 0.1) is 18.8 Å². The van der Waals surface area contributed by atoms with Crippen molar-refractivity contribution in [2.75, 3.05) is 44.3 Å². The van der Waals surface area contributed by atoms with Crippen LogP contribution in [0, 0.1) is 5.82 Å². The number of carbonyl (C=O) groups excluding carboxylic acids is 2. The number of hydrogen-bond acceptors (Lipinski definition) is 6. The number of fused-ring (bicyclic) bond motifs is 4. The van der Waals surface area contributed by atoms with Gasteiger partial charge in [0.15, 0.2) is 17.4 Å². The molecule has 8 nitrogen and oxygen atoms in total. The van der Waals surface area contributed by atoms with Gasteiger partial charge in [-0.05, 0) is 25.0 Å². The number of rotatable bonds is 3. The standard InChI is InChI=1S/C27H30FN5O3/c1-27(2)21-18(23(34)20-17-4-3-15(25(29)35)13-19(17)31-24(20)27)14-30-26(22(21)28)33-7-5-16(6-8-33)32-9-11-36-12-10-32/h3-4,13-14,16,31H,5-12H2,1-2H3,(H2,29,35). The quantitative estimate of drug-likeness (QED) is 0.584. The van der Waals surface area contributed by atoms with Crippen molar-refractivity contribution < 1.29 is 18.7 Å². The van der Waals surface area contributed by atoms with Crippen molar-refractivity contribution in [3.05, 3.63) is 58.2 Å². The number of morpholine rings is 1. The molecule has 3 aromatic rings. The van der Waals surface area contributed by atoms with Gasteiger partial charge in [-0.3, -0.25) is 14.5 Å². The monoisotopic (exact) mass is 491 g/mol. The first-order valence-electron chi connectivity index (χ1n) is 12.5. The van der Waals surface area contributed by atoms with Gasteiger partial charge in [-0.1, -0.05) is 19.9 Å². The fourth-order valence-electron chi connectivity index (χ4n) is 6.18. The van der Waals surface area contributed by atoms with Crippen LogP contribution < -0.4 is 10.6 Å². The first-order chi connectivity index (χ1) is 17.3. The second-order valence-corrected chi connectivity index (χ2v) is 10.5. The van der Waals surface area contributed by atoms with E-state index in [1.807, 2.05) is 18.7 Å². The summed E-state index contributed by atoms with van der Waals surface area (Å²) in [6.45, 7) is 8.69. The average molecular weight is 492 g/mol. The van der Waals surface area contributed by atoms with Crippen LogP contribution in [0.2, 0.25) is 0 Å². The molecule has 36 heavy (non-hydrogen) atoms. The van der Waals surface area contributed by atoms with Crippen LogP contribution in [0.25, 0.3) is 10.9 Å². The van der Waals surface area contributed by atoms with Gasteiger partial charge in [0.1, 0.15) is 0 Å². The van der Waals surface area contributed by atoms with Crippen LogP contribution in [0.4, 0.5) is 10.2 Å². The molecule has 1 aliphatic carbocycles. The molecule has 0 unspecified atom stereocenters. The number of amides is 1. The average Bonchev–Trinajstić information content (AvgIpc) is 3.28. The number of hydrogen-bond donors (Lipinski definition) is 2. The lowest BCUT2D eigenvalue weighted by atomic mass is 9.71. The molecule has 2 aromatic heterocycles. The summed E-state index contributed by atoms with van der Waals surface area (Å²) in [6, 6.07) is 5.45. The fraction of sp³-hybridized carbons (Fsp3) is 0.444. The molecule has 6 rings (SSSR count). The van der Waals surface area contributed by atoms with Crippen molar-refractivity contribution in [1.29, 1.82) is 0 Å². The number of nitrogens with zero attached hydrogens (tertiary/aromatic N) is 3. The highest BCUT2D eigenvalue weighted by atomic mass is 19.1. The molecule has 1 amide bonds. The molecule has 0 saturated carbocycles. The van der Waals surface area contributed by atoms with Gasteiger partial charge in [0, 0.05) is 77.1 Å². The van der Waals surface area contributed by atoms with Crippen molar-refractivity contribution in [1.82, 2.24) is 14.9 Å². The predicted molar refractivity (Wildman–Crippen MR) is 134 cm³/mol. The summed E-state index contributed by atoms with van der Waals surface area (Å²) >= 11 is 0. The molecule has 9 heteroatoms. The van der Waals surface area contributed by atoms with Crippen molar-refractivity contribution >= 4 is 28.4 Å². The molecule has 2 aliphatic heterocycles. The van der Waals surface area contributed by atoms with E-state index in [4.69, 9.17) is 10.5 Å². The zero-order valence-corrected chi connectivity index (χ0v) is 20.6. The third kappa shape index (κ3) is 3.44. The van der Waals surface area contributed by atoms with Gasteiger partial charge in [0.25, 0.3) is 0 Å². The molecule has 2 fully saturated rings. The number of anilines is 1. The van der Waals surface area contributed by atoms with E-state index >= 15 is 4.39 Å². The number of piperidine rings is 1. The fourth-order valence-corrected chi connectivity index (χ4v) is 6.18. The highest BCUT2D eigenvalue weighted by molar-refractivity contribution is 6.20. The summed E-state index contributed by atoms with van der Waals surface area (Å²) in [4.78, 5) is 37.5. The number of benzene rings is 1. The second-order valence-electron chi connectivity index (χ2n) is 10.5. The molecular weight excluding hydrogens is 461 g/mol.